The minimum atomic E-state index is -0.774. The summed E-state index contributed by atoms with van der Waals surface area (Å²) in [6.07, 6.45) is -0.774. The molecule has 0 spiro atoms. The highest BCUT2D eigenvalue weighted by Gasteiger charge is 2.23. The van der Waals surface area contributed by atoms with Crippen molar-refractivity contribution in [1.29, 1.82) is 0 Å². The van der Waals surface area contributed by atoms with E-state index in [0.29, 0.717) is 5.75 Å². The second kappa shape index (κ2) is 4.63. The van der Waals surface area contributed by atoms with Crippen molar-refractivity contribution in [2.45, 2.75) is 52.4 Å². The van der Waals surface area contributed by atoms with Crippen LogP contribution in [0.15, 0.2) is 18.2 Å². The predicted molar refractivity (Wildman–Crippen MR) is 74.1 cm³/mol. The summed E-state index contributed by atoms with van der Waals surface area (Å²) in [5, 5.41) is 0. The highest BCUT2D eigenvalue weighted by atomic mass is 16.5. The molecule has 0 bridgehead atoms. The Morgan fingerprint density at radius 3 is 2.00 bits per heavy atom. The van der Waals surface area contributed by atoms with Crippen LogP contribution in [0.5, 0.6) is 5.75 Å². The van der Waals surface area contributed by atoms with Crippen molar-refractivity contribution in [1.82, 2.24) is 0 Å². The topological polar surface area (TPSA) is 52.3 Å². The number of nitrogens with two attached hydrogens (primary N) is 1. The van der Waals surface area contributed by atoms with E-state index in [1.54, 1.807) is 0 Å². The van der Waals surface area contributed by atoms with E-state index in [-0.39, 0.29) is 10.8 Å². The summed E-state index contributed by atoms with van der Waals surface area (Å²) in [5.41, 5.74) is 7.26. The maximum atomic E-state index is 10.9. The molecule has 0 atom stereocenters. The monoisotopic (exact) mass is 249 g/mol. The van der Waals surface area contributed by atoms with Crippen LogP contribution in [0.4, 0.5) is 4.79 Å². The molecule has 100 valence electrons. The average Bonchev–Trinajstić information content (AvgIpc) is 2.13. The number of hydrogen-bond acceptors (Lipinski definition) is 2. The van der Waals surface area contributed by atoms with Gasteiger partial charge in [-0.1, -0.05) is 53.7 Å². The molecular formula is C15H23NO2. The molecule has 2 N–H and O–H groups in total. The van der Waals surface area contributed by atoms with Crippen LogP contribution < -0.4 is 10.5 Å². The second-order valence-corrected chi connectivity index (χ2v) is 6.63. The van der Waals surface area contributed by atoms with Crippen molar-refractivity contribution in [3.8, 4) is 5.75 Å². The van der Waals surface area contributed by atoms with Crippen LogP contribution in [0.3, 0.4) is 0 Å². The summed E-state index contributed by atoms with van der Waals surface area (Å²) in [6, 6.07) is 5.90. The van der Waals surface area contributed by atoms with Gasteiger partial charge in [0.25, 0.3) is 0 Å². The summed E-state index contributed by atoms with van der Waals surface area (Å²) in [7, 11) is 0. The molecule has 0 aliphatic carbocycles. The third-order valence-corrected chi connectivity index (χ3v) is 2.86. The summed E-state index contributed by atoms with van der Waals surface area (Å²) in [5.74, 6) is 0.544. The molecule has 1 amide bonds. The number of hydrogen-bond donors (Lipinski definition) is 1. The Balaban J connectivity index is 3.34. The summed E-state index contributed by atoms with van der Waals surface area (Å²) >= 11 is 0. The van der Waals surface area contributed by atoms with Gasteiger partial charge in [0, 0.05) is 5.56 Å². The van der Waals surface area contributed by atoms with E-state index in [0.717, 1.165) is 5.56 Å². The van der Waals surface area contributed by atoms with Crippen LogP contribution in [-0.2, 0) is 10.8 Å². The molecule has 0 fully saturated rings. The fourth-order valence-corrected chi connectivity index (χ4v) is 1.78. The third kappa shape index (κ3) is 3.49. The van der Waals surface area contributed by atoms with Crippen molar-refractivity contribution in [2.75, 3.05) is 0 Å². The smallest absolute Gasteiger partial charge is 0.409 e. The third-order valence-electron chi connectivity index (χ3n) is 2.86. The molecule has 1 aromatic rings. The standard InChI is InChI=1S/C15H23NO2/c1-14(2,3)10-7-8-12(18-13(16)17)11(9-10)15(4,5)6/h7-9H,1-6H3,(H2,16,17). The van der Waals surface area contributed by atoms with Crippen molar-refractivity contribution in [3.63, 3.8) is 0 Å². The molecule has 1 rings (SSSR count). The van der Waals surface area contributed by atoms with E-state index in [1.165, 1.54) is 5.56 Å². The first-order chi connectivity index (χ1) is 8.01. The molecule has 0 aliphatic rings. The van der Waals surface area contributed by atoms with Crippen molar-refractivity contribution < 1.29 is 9.53 Å². The van der Waals surface area contributed by atoms with Gasteiger partial charge in [-0.2, -0.15) is 0 Å². The highest BCUT2D eigenvalue weighted by Crippen LogP contribution is 2.35. The van der Waals surface area contributed by atoms with Gasteiger partial charge in [0.05, 0.1) is 0 Å². The van der Waals surface area contributed by atoms with Crippen molar-refractivity contribution in [2.24, 2.45) is 5.73 Å². The van der Waals surface area contributed by atoms with Gasteiger partial charge >= 0.3 is 6.09 Å². The number of rotatable bonds is 1. The molecule has 0 saturated heterocycles. The van der Waals surface area contributed by atoms with Crippen LogP contribution in [0.25, 0.3) is 0 Å². The molecule has 0 aromatic heterocycles. The molecule has 0 aliphatic heterocycles. The summed E-state index contributed by atoms with van der Waals surface area (Å²) in [4.78, 5) is 10.9. The van der Waals surface area contributed by atoms with Crippen LogP contribution in [0.2, 0.25) is 0 Å². The van der Waals surface area contributed by atoms with E-state index in [1.807, 2.05) is 12.1 Å². The zero-order chi connectivity index (χ0) is 14.1. The lowest BCUT2D eigenvalue weighted by molar-refractivity contribution is 0.210. The predicted octanol–water partition coefficient (Wildman–Crippen LogP) is 3.74. The van der Waals surface area contributed by atoms with Crippen LogP contribution in [0, 0.1) is 0 Å². The minimum absolute atomic E-state index is 0.0608. The lowest BCUT2D eigenvalue weighted by Gasteiger charge is -2.26. The molecule has 0 heterocycles. The Morgan fingerprint density at radius 1 is 1.06 bits per heavy atom. The number of ether oxygens (including phenoxy) is 1. The number of carbonyl (C=O) groups is 1. The van der Waals surface area contributed by atoms with Crippen LogP contribution in [-0.4, -0.2) is 6.09 Å². The molecule has 18 heavy (non-hydrogen) atoms. The Hall–Kier alpha value is -1.51. The maximum Gasteiger partial charge on any atom is 0.409 e. The normalized spacial score (nSPS) is 12.3. The SMILES string of the molecule is CC(C)(C)c1ccc(OC(N)=O)c(C(C)(C)C)c1. The Bertz CT molecular complexity index is 451. The minimum Gasteiger partial charge on any atom is -0.410 e. The number of benzene rings is 1. The van der Waals surface area contributed by atoms with Crippen LogP contribution in [0.1, 0.15) is 52.7 Å². The van der Waals surface area contributed by atoms with Crippen molar-refractivity contribution in [3.05, 3.63) is 29.3 Å². The first-order valence-electron chi connectivity index (χ1n) is 6.14. The van der Waals surface area contributed by atoms with Gasteiger partial charge in [-0.15, -0.1) is 0 Å². The molecule has 3 nitrogen and oxygen atoms in total. The van der Waals surface area contributed by atoms with Gasteiger partial charge in [-0.05, 0) is 22.5 Å². The van der Waals surface area contributed by atoms with Gasteiger partial charge in [-0.3, -0.25) is 0 Å². The van der Waals surface area contributed by atoms with Gasteiger partial charge < -0.3 is 10.5 Å². The Labute approximate surface area is 109 Å². The molecule has 0 saturated carbocycles. The van der Waals surface area contributed by atoms with E-state index in [4.69, 9.17) is 10.5 Å². The maximum absolute atomic E-state index is 10.9. The summed E-state index contributed by atoms with van der Waals surface area (Å²) in [6.45, 7) is 12.7. The van der Waals surface area contributed by atoms with Crippen molar-refractivity contribution >= 4 is 6.09 Å². The van der Waals surface area contributed by atoms with E-state index in [9.17, 15) is 4.79 Å². The number of primary amides is 1. The van der Waals surface area contributed by atoms with E-state index in [2.05, 4.69) is 47.6 Å². The molecule has 1 aromatic carbocycles. The van der Waals surface area contributed by atoms with Gasteiger partial charge in [0.1, 0.15) is 5.75 Å². The summed E-state index contributed by atoms with van der Waals surface area (Å²) < 4.78 is 5.08. The van der Waals surface area contributed by atoms with Crippen LogP contribution >= 0.6 is 0 Å². The second-order valence-electron chi connectivity index (χ2n) is 6.63. The average molecular weight is 249 g/mol. The van der Waals surface area contributed by atoms with E-state index < -0.39 is 6.09 Å². The van der Waals surface area contributed by atoms with Gasteiger partial charge in [0.2, 0.25) is 0 Å². The van der Waals surface area contributed by atoms with Gasteiger partial charge in [0.15, 0.2) is 0 Å². The Morgan fingerprint density at radius 2 is 1.61 bits per heavy atom. The fraction of sp³-hybridized carbons (Fsp3) is 0.533. The molecule has 0 unspecified atom stereocenters. The quantitative estimate of drug-likeness (QED) is 0.824. The zero-order valence-corrected chi connectivity index (χ0v) is 12.1. The largest absolute Gasteiger partial charge is 0.410 e. The van der Waals surface area contributed by atoms with E-state index >= 15 is 0 Å². The number of carbonyl (C=O) groups excluding carboxylic acids is 1. The molecular weight excluding hydrogens is 226 g/mol. The highest BCUT2D eigenvalue weighted by molar-refractivity contribution is 5.69. The fourth-order valence-electron chi connectivity index (χ4n) is 1.78. The number of amides is 1. The lowest BCUT2D eigenvalue weighted by atomic mass is 9.80. The zero-order valence-electron chi connectivity index (χ0n) is 12.1. The first-order valence-corrected chi connectivity index (χ1v) is 6.14. The lowest BCUT2D eigenvalue weighted by Crippen LogP contribution is -2.21. The molecule has 3 heteroatoms. The van der Waals surface area contributed by atoms with Gasteiger partial charge in [-0.25, -0.2) is 4.79 Å². The first kappa shape index (κ1) is 14.6. The Kier molecular flexibility index (Phi) is 3.75. The molecule has 0 radical (unpaired) electrons.